The van der Waals surface area contributed by atoms with Gasteiger partial charge in [-0.3, -0.25) is 14.4 Å². The van der Waals surface area contributed by atoms with Gasteiger partial charge in [0.25, 0.3) is 0 Å². The van der Waals surface area contributed by atoms with Crippen molar-refractivity contribution in [1.82, 2.24) is 0 Å². The van der Waals surface area contributed by atoms with Gasteiger partial charge >= 0.3 is 17.9 Å². The first-order chi connectivity index (χ1) is 31.5. The maximum absolute atomic E-state index is 12.8. The van der Waals surface area contributed by atoms with Crippen molar-refractivity contribution in [2.75, 3.05) is 13.2 Å². The predicted octanol–water partition coefficient (Wildman–Crippen LogP) is 18.9. The lowest BCUT2D eigenvalue weighted by molar-refractivity contribution is -0.167. The van der Waals surface area contributed by atoms with Crippen LogP contribution in [0.3, 0.4) is 0 Å². The van der Waals surface area contributed by atoms with Gasteiger partial charge in [0.1, 0.15) is 13.2 Å². The van der Waals surface area contributed by atoms with Crippen LogP contribution in [-0.2, 0) is 28.6 Å². The Morgan fingerprint density at radius 1 is 0.297 bits per heavy atom. The molecule has 64 heavy (non-hydrogen) atoms. The summed E-state index contributed by atoms with van der Waals surface area (Å²) < 4.78 is 16.9. The van der Waals surface area contributed by atoms with Gasteiger partial charge in [-0.1, -0.05) is 277 Å². The monoisotopic (exact) mass is 903 g/mol. The summed E-state index contributed by atoms with van der Waals surface area (Å²) in [5.74, 6) is -0.854. The van der Waals surface area contributed by atoms with Crippen LogP contribution in [0.1, 0.15) is 323 Å². The van der Waals surface area contributed by atoms with Crippen molar-refractivity contribution in [2.24, 2.45) is 0 Å². The Bertz CT molecular complexity index is 993. The van der Waals surface area contributed by atoms with E-state index >= 15 is 0 Å². The first kappa shape index (κ1) is 62.1. The van der Waals surface area contributed by atoms with E-state index in [1.165, 1.54) is 218 Å². The highest BCUT2D eigenvalue weighted by atomic mass is 16.6. The molecule has 0 saturated carbocycles. The molecule has 0 spiro atoms. The maximum Gasteiger partial charge on any atom is 0.306 e. The number of carbonyl (C=O) groups excluding carboxylic acids is 3. The van der Waals surface area contributed by atoms with Gasteiger partial charge in [0, 0.05) is 19.3 Å². The second-order valence-electron chi connectivity index (χ2n) is 19.6. The van der Waals surface area contributed by atoms with Gasteiger partial charge in [0.2, 0.25) is 0 Å². The minimum Gasteiger partial charge on any atom is -0.462 e. The van der Waals surface area contributed by atoms with E-state index in [-0.39, 0.29) is 31.1 Å². The average molecular weight is 904 g/mol. The summed E-state index contributed by atoms with van der Waals surface area (Å²) in [6, 6.07) is 0. The molecule has 0 N–H and O–H groups in total. The zero-order valence-corrected chi connectivity index (χ0v) is 43.3. The second-order valence-corrected chi connectivity index (χ2v) is 19.6. The Hall–Kier alpha value is -1.85. The van der Waals surface area contributed by atoms with E-state index in [0.29, 0.717) is 19.3 Å². The van der Waals surface area contributed by atoms with Gasteiger partial charge in [-0.15, -0.1) is 0 Å². The number of rotatable bonds is 53. The summed E-state index contributed by atoms with van der Waals surface area (Å²) in [5.41, 5.74) is 0. The number of carbonyl (C=O) groups is 3. The molecular formula is C58H110O6. The number of hydrogen-bond donors (Lipinski definition) is 0. The van der Waals surface area contributed by atoms with Crippen LogP contribution in [0, 0.1) is 0 Å². The molecule has 0 rings (SSSR count). The third-order valence-corrected chi connectivity index (χ3v) is 13.0. The number of esters is 3. The van der Waals surface area contributed by atoms with Crippen LogP contribution >= 0.6 is 0 Å². The zero-order chi connectivity index (χ0) is 46.5. The molecule has 0 aliphatic rings. The molecule has 0 aromatic carbocycles. The van der Waals surface area contributed by atoms with E-state index in [9.17, 15) is 14.4 Å². The van der Waals surface area contributed by atoms with E-state index in [4.69, 9.17) is 14.2 Å². The second kappa shape index (κ2) is 53.8. The van der Waals surface area contributed by atoms with E-state index in [2.05, 4.69) is 32.9 Å². The third-order valence-electron chi connectivity index (χ3n) is 13.0. The summed E-state index contributed by atoms with van der Waals surface area (Å²) in [7, 11) is 0. The molecular weight excluding hydrogens is 793 g/mol. The van der Waals surface area contributed by atoms with Crippen molar-refractivity contribution in [2.45, 2.75) is 329 Å². The molecule has 0 fully saturated rings. The highest BCUT2D eigenvalue weighted by Gasteiger charge is 2.19. The fraction of sp³-hybridized carbons (Fsp3) is 0.914. The van der Waals surface area contributed by atoms with E-state index < -0.39 is 6.10 Å². The minimum atomic E-state index is -0.767. The molecule has 0 bridgehead atoms. The van der Waals surface area contributed by atoms with Gasteiger partial charge in [-0.2, -0.15) is 0 Å². The lowest BCUT2D eigenvalue weighted by Crippen LogP contribution is -2.30. The number of ether oxygens (including phenoxy) is 3. The zero-order valence-electron chi connectivity index (χ0n) is 43.3. The minimum absolute atomic E-state index is 0.0666. The Labute approximate surface area is 399 Å². The summed E-state index contributed by atoms with van der Waals surface area (Å²) in [5, 5.41) is 0. The molecule has 0 unspecified atom stereocenters. The summed E-state index contributed by atoms with van der Waals surface area (Å²) in [6.45, 7) is 6.65. The molecule has 1 atom stereocenters. The van der Waals surface area contributed by atoms with Gasteiger partial charge in [-0.25, -0.2) is 0 Å². The highest BCUT2D eigenvalue weighted by Crippen LogP contribution is 2.17. The van der Waals surface area contributed by atoms with Gasteiger partial charge in [-0.05, 0) is 38.5 Å². The lowest BCUT2D eigenvalue weighted by Gasteiger charge is -2.18. The fourth-order valence-electron chi connectivity index (χ4n) is 8.66. The topological polar surface area (TPSA) is 78.9 Å². The molecule has 0 aliphatic carbocycles. The molecule has 0 radical (unpaired) electrons. The van der Waals surface area contributed by atoms with Crippen LogP contribution in [-0.4, -0.2) is 37.2 Å². The van der Waals surface area contributed by atoms with Crippen LogP contribution in [0.5, 0.6) is 0 Å². The third kappa shape index (κ3) is 51.1. The molecule has 0 saturated heterocycles. The fourth-order valence-corrected chi connectivity index (χ4v) is 8.66. The van der Waals surface area contributed by atoms with Crippen molar-refractivity contribution in [3.63, 3.8) is 0 Å². The predicted molar refractivity (Wildman–Crippen MR) is 275 cm³/mol. The van der Waals surface area contributed by atoms with Crippen molar-refractivity contribution >= 4 is 17.9 Å². The van der Waals surface area contributed by atoms with E-state index in [1.54, 1.807) is 0 Å². The van der Waals surface area contributed by atoms with Crippen LogP contribution in [0.2, 0.25) is 0 Å². The van der Waals surface area contributed by atoms with Crippen molar-refractivity contribution in [3.8, 4) is 0 Å². The maximum atomic E-state index is 12.8. The SMILES string of the molecule is CCCC/C=C\CCCCCCCC(=O)OC[C@H](COC(=O)CCCCCCCCCCCCCCCCCCCCC)OC(=O)CCCCCCCCCCCCCCCCCC. The average Bonchev–Trinajstić information content (AvgIpc) is 3.29. The number of unbranched alkanes of at least 4 members (excludes halogenated alkanes) is 40. The molecule has 0 aliphatic heterocycles. The molecule has 6 nitrogen and oxygen atoms in total. The van der Waals surface area contributed by atoms with Crippen LogP contribution in [0.15, 0.2) is 12.2 Å². The molecule has 0 aromatic heterocycles. The first-order valence-electron chi connectivity index (χ1n) is 28.7. The summed E-state index contributed by atoms with van der Waals surface area (Å²) >= 11 is 0. The van der Waals surface area contributed by atoms with Gasteiger partial charge < -0.3 is 14.2 Å². The van der Waals surface area contributed by atoms with Crippen molar-refractivity contribution < 1.29 is 28.6 Å². The summed E-state index contributed by atoms with van der Waals surface area (Å²) in [6.07, 6.45) is 60.6. The lowest BCUT2D eigenvalue weighted by atomic mass is 10.0. The Morgan fingerprint density at radius 2 is 0.531 bits per heavy atom. The Balaban J connectivity index is 4.26. The molecule has 378 valence electrons. The van der Waals surface area contributed by atoms with Crippen LogP contribution in [0.25, 0.3) is 0 Å². The first-order valence-corrected chi connectivity index (χ1v) is 28.7. The molecule has 0 heterocycles. The smallest absolute Gasteiger partial charge is 0.306 e. The van der Waals surface area contributed by atoms with Crippen LogP contribution < -0.4 is 0 Å². The molecule has 0 amide bonds. The van der Waals surface area contributed by atoms with Crippen molar-refractivity contribution in [3.05, 3.63) is 12.2 Å². The van der Waals surface area contributed by atoms with E-state index in [0.717, 1.165) is 64.2 Å². The standard InChI is InChI=1S/C58H110O6/c1-4-7-10-13-16-19-22-24-26-28-29-30-32-33-36-39-42-45-48-51-57(60)63-54-55(53-62-56(59)50-47-44-41-38-35-21-18-15-12-9-6-3)64-58(61)52-49-46-43-40-37-34-31-27-25-23-20-17-14-11-8-5-2/h15,18,55H,4-14,16-17,19-54H2,1-3H3/b18-15-/t55-/m1/s1. The normalized spacial score (nSPS) is 12.0. The number of hydrogen-bond acceptors (Lipinski definition) is 6. The van der Waals surface area contributed by atoms with Crippen molar-refractivity contribution in [1.29, 1.82) is 0 Å². The van der Waals surface area contributed by atoms with E-state index in [1.807, 2.05) is 0 Å². The van der Waals surface area contributed by atoms with Gasteiger partial charge in [0.15, 0.2) is 6.10 Å². The summed E-state index contributed by atoms with van der Waals surface area (Å²) in [4.78, 5) is 38.1. The van der Waals surface area contributed by atoms with Crippen LogP contribution in [0.4, 0.5) is 0 Å². The van der Waals surface area contributed by atoms with Gasteiger partial charge in [0.05, 0.1) is 0 Å². The largest absolute Gasteiger partial charge is 0.462 e. The molecule has 0 aromatic rings. The Morgan fingerprint density at radius 3 is 0.828 bits per heavy atom. The number of allylic oxidation sites excluding steroid dienone is 2. The molecule has 6 heteroatoms. The highest BCUT2D eigenvalue weighted by molar-refractivity contribution is 5.71. The quantitative estimate of drug-likeness (QED) is 0.0262. The Kier molecular flexibility index (Phi) is 52.2.